The Morgan fingerprint density at radius 1 is 1.41 bits per heavy atom. The van der Waals surface area contributed by atoms with Crippen molar-refractivity contribution in [2.24, 2.45) is 0 Å². The molecule has 2 rings (SSSR count). The first kappa shape index (κ1) is 12.5. The van der Waals surface area contributed by atoms with Crippen molar-refractivity contribution in [2.75, 3.05) is 20.3 Å². The number of alkyl halides is 1. The van der Waals surface area contributed by atoms with E-state index in [-0.39, 0.29) is 6.10 Å². The van der Waals surface area contributed by atoms with Crippen LogP contribution in [0.25, 0.3) is 0 Å². The van der Waals surface area contributed by atoms with E-state index < -0.39 is 0 Å². The minimum Gasteiger partial charge on any atom is -0.493 e. The molecule has 0 spiro atoms. The lowest BCUT2D eigenvalue weighted by Gasteiger charge is -2.14. The Morgan fingerprint density at radius 3 is 2.94 bits per heavy atom. The molecule has 1 saturated heterocycles. The summed E-state index contributed by atoms with van der Waals surface area (Å²) >= 11 is 5.77. The van der Waals surface area contributed by atoms with Crippen LogP contribution in [-0.2, 0) is 10.6 Å². The molecule has 1 heterocycles. The Morgan fingerprint density at radius 2 is 2.29 bits per heavy atom. The number of hydrogen-bond acceptors (Lipinski definition) is 3. The van der Waals surface area contributed by atoms with Crippen LogP contribution >= 0.6 is 11.6 Å². The van der Waals surface area contributed by atoms with Gasteiger partial charge in [0.25, 0.3) is 0 Å². The van der Waals surface area contributed by atoms with E-state index >= 15 is 0 Å². The highest BCUT2D eigenvalue weighted by Crippen LogP contribution is 2.29. The molecule has 0 aromatic heterocycles. The van der Waals surface area contributed by atoms with Crippen LogP contribution in [0.1, 0.15) is 18.4 Å². The highest BCUT2D eigenvalue weighted by Gasteiger charge is 2.17. The molecule has 1 aromatic rings. The van der Waals surface area contributed by atoms with Crippen molar-refractivity contribution in [1.29, 1.82) is 0 Å². The summed E-state index contributed by atoms with van der Waals surface area (Å²) in [6.45, 7) is 1.42. The molecule has 1 atom stereocenters. The zero-order chi connectivity index (χ0) is 12.1. The Balaban J connectivity index is 1.98. The van der Waals surface area contributed by atoms with Crippen LogP contribution in [0.15, 0.2) is 18.2 Å². The fraction of sp³-hybridized carbons (Fsp3) is 0.538. The maximum atomic E-state index is 5.77. The van der Waals surface area contributed by atoms with Gasteiger partial charge in [-0.2, -0.15) is 0 Å². The van der Waals surface area contributed by atoms with Crippen LogP contribution in [0, 0.1) is 0 Å². The average molecular weight is 257 g/mol. The summed E-state index contributed by atoms with van der Waals surface area (Å²) in [4.78, 5) is 0. The quantitative estimate of drug-likeness (QED) is 0.758. The Kier molecular flexibility index (Phi) is 4.51. The van der Waals surface area contributed by atoms with Crippen molar-refractivity contribution in [3.63, 3.8) is 0 Å². The normalized spacial score (nSPS) is 19.3. The first-order chi connectivity index (χ1) is 8.33. The van der Waals surface area contributed by atoms with Gasteiger partial charge >= 0.3 is 0 Å². The van der Waals surface area contributed by atoms with Crippen LogP contribution in [0.5, 0.6) is 11.5 Å². The molecule has 1 aliphatic rings. The third-order valence-electron chi connectivity index (χ3n) is 2.83. The first-order valence-electron chi connectivity index (χ1n) is 5.80. The van der Waals surface area contributed by atoms with Gasteiger partial charge in [-0.05, 0) is 30.5 Å². The van der Waals surface area contributed by atoms with Crippen molar-refractivity contribution >= 4 is 11.6 Å². The Labute approximate surface area is 107 Å². The number of halogens is 1. The van der Waals surface area contributed by atoms with Gasteiger partial charge in [-0.3, -0.25) is 0 Å². The van der Waals surface area contributed by atoms with E-state index in [4.69, 9.17) is 25.8 Å². The summed E-state index contributed by atoms with van der Waals surface area (Å²) in [5.74, 6) is 1.94. The van der Waals surface area contributed by atoms with Crippen molar-refractivity contribution in [3.8, 4) is 11.5 Å². The molecule has 0 N–H and O–H groups in total. The van der Waals surface area contributed by atoms with Gasteiger partial charge in [0.15, 0.2) is 11.5 Å². The molecule has 3 nitrogen and oxygen atoms in total. The highest BCUT2D eigenvalue weighted by atomic mass is 35.5. The number of benzene rings is 1. The van der Waals surface area contributed by atoms with Crippen LogP contribution in [0.3, 0.4) is 0 Å². The predicted molar refractivity (Wildman–Crippen MR) is 67.0 cm³/mol. The van der Waals surface area contributed by atoms with Gasteiger partial charge in [-0.25, -0.2) is 0 Å². The maximum Gasteiger partial charge on any atom is 0.161 e. The summed E-state index contributed by atoms with van der Waals surface area (Å²) in [7, 11) is 1.63. The lowest BCUT2D eigenvalue weighted by Crippen LogP contribution is -2.16. The highest BCUT2D eigenvalue weighted by molar-refractivity contribution is 6.17. The average Bonchev–Trinajstić information content (AvgIpc) is 2.89. The fourth-order valence-electron chi connectivity index (χ4n) is 1.87. The van der Waals surface area contributed by atoms with Crippen molar-refractivity contribution in [3.05, 3.63) is 23.8 Å². The van der Waals surface area contributed by atoms with Gasteiger partial charge in [0.05, 0.1) is 13.2 Å². The third-order valence-corrected chi connectivity index (χ3v) is 3.14. The van der Waals surface area contributed by atoms with Crippen molar-refractivity contribution in [2.45, 2.75) is 24.8 Å². The van der Waals surface area contributed by atoms with E-state index in [1.807, 2.05) is 18.2 Å². The van der Waals surface area contributed by atoms with Crippen LogP contribution in [0.4, 0.5) is 0 Å². The van der Waals surface area contributed by atoms with Gasteiger partial charge in [-0.1, -0.05) is 6.07 Å². The summed E-state index contributed by atoms with van der Waals surface area (Å²) in [6, 6.07) is 5.74. The monoisotopic (exact) mass is 256 g/mol. The number of hydrogen-bond donors (Lipinski definition) is 0. The summed E-state index contributed by atoms with van der Waals surface area (Å²) < 4.78 is 16.5. The molecule has 0 saturated carbocycles. The molecule has 1 unspecified atom stereocenters. The molecular formula is C13H17ClO3. The fourth-order valence-corrected chi connectivity index (χ4v) is 2.04. The third kappa shape index (κ3) is 3.27. The van der Waals surface area contributed by atoms with E-state index in [1.54, 1.807) is 7.11 Å². The SMILES string of the molecule is COc1cc(CCl)ccc1OCC1CCCO1. The van der Waals surface area contributed by atoms with Crippen LogP contribution in [0.2, 0.25) is 0 Å². The van der Waals surface area contributed by atoms with Crippen molar-refractivity contribution < 1.29 is 14.2 Å². The van der Waals surface area contributed by atoms with Gasteiger partial charge in [0, 0.05) is 12.5 Å². The lowest BCUT2D eigenvalue weighted by atomic mass is 10.2. The zero-order valence-corrected chi connectivity index (χ0v) is 10.7. The molecule has 1 fully saturated rings. The predicted octanol–water partition coefficient (Wildman–Crippen LogP) is 2.99. The minimum absolute atomic E-state index is 0.215. The van der Waals surface area contributed by atoms with E-state index in [9.17, 15) is 0 Å². The molecule has 0 bridgehead atoms. The van der Waals surface area contributed by atoms with Gasteiger partial charge in [0.1, 0.15) is 6.61 Å². The number of ether oxygens (including phenoxy) is 3. The topological polar surface area (TPSA) is 27.7 Å². The van der Waals surface area contributed by atoms with Crippen LogP contribution in [-0.4, -0.2) is 26.4 Å². The van der Waals surface area contributed by atoms with Crippen molar-refractivity contribution in [1.82, 2.24) is 0 Å². The van der Waals surface area contributed by atoms with E-state index in [0.29, 0.717) is 12.5 Å². The second-order valence-electron chi connectivity index (χ2n) is 4.06. The van der Waals surface area contributed by atoms with Gasteiger partial charge < -0.3 is 14.2 Å². The Hall–Kier alpha value is -0.930. The summed E-state index contributed by atoms with van der Waals surface area (Å²) in [5, 5.41) is 0. The molecule has 0 radical (unpaired) electrons. The molecule has 94 valence electrons. The standard InChI is InChI=1S/C13H17ClO3/c1-15-13-7-10(8-14)4-5-12(13)17-9-11-3-2-6-16-11/h4-5,7,11H,2-3,6,8-9H2,1H3. The molecular weight excluding hydrogens is 240 g/mol. The molecule has 0 aliphatic carbocycles. The largest absolute Gasteiger partial charge is 0.493 e. The molecule has 1 aliphatic heterocycles. The number of rotatable bonds is 5. The summed E-state index contributed by atoms with van der Waals surface area (Å²) in [6.07, 6.45) is 2.41. The molecule has 1 aromatic carbocycles. The molecule has 17 heavy (non-hydrogen) atoms. The maximum absolute atomic E-state index is 5.77. The lowest BCUT2D eigenvalue weighted by molar-refractivity contribution is 0.0669. The smallest absolute Gasteiger partial charge is 0.161 e. The first-order valence-corrected chi connectivity index (χ1v) is 6.34. The van der Waals surface area contributed by atoms with E-state index in [1.165, 1.54) is 0 Å². The second-order valence-corrected chi connectivity index (χ2v) is 4.33. The molecule has 0 amide bonds. The second kappa shape index (κ2) is 6.12. The number of methoxy groups -OCH3 is 1. The Bertz CT molecular complexity index is 362. The van der Waals surface area contributed by atoms with Gasteiger partial charge in [-0.15, -0.1) is 11.6 Å². The van der Waals surface area contributed by atoms with Crippen LogP contribution < -0.4 is 9.47 Å². The molecule has 4 heteroatoms. The van der Waals surface area contributed by atoms with E-state index in [2.05, 4.69) is 0 Å². The summed E-state index contributed by atoms with van der Waals surface area (Å²) in [5.41, 5.74) is 1.02. The van der Waals surface area contributed by atoms with E-state index in [0.717, 1.165) is 36.5 Å². The van der Waals surface area contributed by atoms with Gasteiger partial charge in [0.2, 0.25) is 0 Å². The minimum atomic E-state index is 0.215. The zero-order valence-electron chi connectivity index (χ0n) is 9.95.